The number of ether oxygens (including phenoxy) is 1. The summed E-state index contributed by atoms with van der Waals surface area (Å²) in [5.41, 5.74) is 4.75. The molecule has 8 heteroatoms. The molecule has 0 unspecified atom stereocenters. The maximum absolute atomic E-state index is 11.4. The van der Waals surface area contributed by atoms with Gasteiger partial charge in [-0.2, -0.15) is 18.2 Å². The zero-order chi connectivity index (χ0) is 9.78. The molecule has 0 aromatic rings. The van der Waals surface area contributed by atoms with E-state index >= 15 is 0 Å². The van der Waals surface area contributed by atoms with Crippen LogP contribution in [0.4, 0.5) is 13.2 Å². The summed E-state index contributed by atoms with van der Waals surface area (Å²) in [5, 5.41) is 6.07. The number of rotatable bonds is 1. The molecule has 0 radical (unpaired) electrons. The number of nitrogens with zero attached hydrogens (tertiary/aromatic N) is 1. The van der Waals surface area contributed by atoms with Crippen LogP contribution in [0.5, 0.6) is 0 Å². The normalized spacial score (nSPS) is 12.8. The number of halogens is 4. The number of hydrogen-bond acceptors (Lipinski definition) is 2. The molecular weight excluding hydrogens is 199 g/mol. The summed E-state index contributed by atoms with van der Waals surface area (Å²) in [4.78, 5) is 2.90. The van der Waals surface area contributed by atoms with Gasteiger partial charge in [-0.3, -0.25) is 0 Å². The topological polar surface area (TPSA) is 71.5 Å². The molecule has 0 bridgehead atoms. The summed E-state index contributed by atoms with van der Waals surface area (Å²) in [6, 6.07) is -0.972. The number of amidine groups is 2. The van der Waals surface area contributed by atoms with Crippen LogP contribution in [0.25, 0.3) is 0 Å². The molecule has 0 aromatic carbocycles. The number of alkyl halides is 3. The molecule has 0 rings (SSSR count). The fraction of sp³-hybridized carbons (Fsp3) is 0.500. The molecule has 0 atom stereocenters. The minimum absolute atomic E-state index is 0.554. The van der Waals surface area contributed by atoms with E-state index in [0.717, 1.165) is 0 Å². The zero-order valence-electron chi connectivity index (χ0n) is 5.65. The highest BCUT2D eigenvalue weighted by Crippen LogP contribution is 2.14. The van der Waals surface area contributed by atoms with Crippen LogP contribution in [0, 0.1) is 5.41 Å². The van der Waals surface area contributed by atoms with Gasteiger partial charge in [-0.05, 0) is 11.6 Å². The fourth-order valence-corrected chi connectivity index (χ4v) is 0.356. The zero-order valence-corrected chi connectivity index (χ0v) is 6.41. The first-order valence-electron chi connectivity index (χ1n) is 2.59. The summed E-state index contributed by atoms with van der Waals surface area (Å²) in [6.07, 6.45) is -4.50. The molecule has 3 N–H and O–H groups in total. The Morgan fingerprint density at radius 2 is 2.08 bits per heavy atom. The van der Waals surface area contributed by atoms with E-state index in [2.05, 4.69) is 9.73 Å². The first-order chi connectivity index (χ1) is 5.31. The van der Waals surface area contributed by atoms with Gasteiger partial charge in [0.25, 0.3) is 0 Å². The first-order valence-corrected chi connectivity index (χ1v) is 2.97. The average molecular weight is 204 g/mol. The van der Waals surface area contributed by atoms with E-state index in [-0.39, 0.29) is 0 Å². The van der Waals surface area contributed by atoms with Gasteiger partial charge in [0, 0.05) is 0 Å². The highest BCUT2D eigenvalue weighted by atomic mass is 35.5. The van der Waals surface area contributed by atoms with Gasteiger partial charge in [-0.1, -0.05) is 0 Å². The third-order valence-electron chi connectivity index (χ3n) is 0.581. The number of nitrogens with one attached hydrogen (secondary N) is 1. The molecular formula is C4H5ClF3N3O. The standard InChI is InChI=1S/C4H5ClF3N3O/c5-2(9)11-3(10)12-1-4(6,7)8/h1H2,(H3,9,10,11). The lowest BCUT2D eigenvalue weighted by Gasteiger charge is -2.06. The van der Waals surface area contributed by atoms with Gasteiger partial charge < -0.3 is 10.5 Å². The quantitative estimate of drug-likeness (QED) is 0.380. The van der Waals surface area contributed by atoms with Crippen molar-refractivity contribution in [3.8, 4) is 0 Å². The van der Waals surface area contributed by atoms with E-state index in [9.17, 15) is 13.2 Å². The summed E-state index contributed by atoms with van der Waals surface area (Å²) < 4.78 is 38.1. The number of aliphatic imine (C=N–C) groups is 1. The maximum atomic E-state index is 11.4. The average Bonchev–Trinajstić information content (AvgIpc) is 1.80. The molecule has 0 saturated carbocycles. The summed E-state index contributed by atoms with van der Waals surface area (Å²) >= 11 is 4.95. The highest BCUT2D eigenvalue weighted by molar-refractivity contribution is 6.64. The number of nitrogens with two attached hydrogens (primary N) is 1. The molecule has 0 aromatic heterocycles. The van der Waals surface area contributed by atoms with Crippen molar-refractivity contribution >= 4 is 22.9 Å². The van der Waals surface area contributed by atoms with Crippen molar-refractivity contribution in [2.45, 2.75) is 6.18 Å². The van der Waals surface area contributed by atoms with Crippen LogP contribution in [-0.4, -0.2) is 24.1 Å². The third kappa shape index (κ3) is 7.13. The van der Waals surface area contributed by atoms with Crippen molar-refractivity contribution in [3.05, 3.63) is 0 Å². The van der Waals surface area contributed by atoms with Gasteiger partial charge in [-0.15, -0.1) is 0 Å². The van der Waals surface area contributed by atoms with Gasteiger partial charge in [0.15, 0.2) is 11.9 Å². The van der Waals surface area contributed by atoms with Gasteiger partial charge in [-0.25, -0.2) is 5.41 Å². The summed E-state index contributed by atoms with van der Waals surface area (Å²) in [6.45, 7) is -1.58. The fourth-order valence-electron chi connectivity index (χ4n) is 0.279. The Kier molecular flexibility index (Phi) is 3.81. The van der Waals surface area contributed by atoms with E-state index in [1.54, 1.807) is 0 Å². The maximum Gasteiger partial charge on any atom is 0.422 e. The first kappa shape index (κ1) is 11.0. The molecule has 0 saturated heterocycles. The minimum atomic E-state index is -4.50. The lowest BCUT2D eigenvalue weighted by atomic mass is 10.7. The highest BCUT2D eigenvalue weighted by Gasteiger charge is 2.28. The summed E-state index contributed by atoms with van der Waals surface area (Å²) in [5.74, 6) is 0. The van der Waals surface area contributed by atoms with Crippen molar-refractivity contribution in [1.82, 2.24) is 0 Å². The molecule has 12 heavy (non-hydrogen) atoms. The van der Waals surface area contributed by atoms with Crippen LogP contribution in [0.3, 0.4) is 0 Å². The minimum Gasteiger partial charge on any atom is -0.454 e. The Labute approximate surface area is 70.7 Å². The molecule has 0 aliphatic heterocycles. The lowest BCUT2D eigenvalue weighted by molar-refractivity contribution is -0.156. The lowest BCUT2D eigenvalue weighted by Crippen LogP contribution is -2.20. The van der Waals surface area contributed by atoms with E-state index in [0.29, 0.717) is 0 Å². The van der Waals surface area contributed by atoms with Crippen LogP contribution in [0.1, 0.15) is 0 Å². The largest absolute Gasteiger partial charge is 0.454 e. The predicted molar refractivity (Wildman–Crippen MR) is 37.2 cm³/mol. The Balaban J connectivity index is 3.81. The Morgan fingerprint density at radius 3 is 2.42 bits per heavy atom. The van der Waals surface area contributed by atoms with E-state index in [1.807, 2.05) is 0 Å². The van der Waals surface area contributed by atoms with Crippen LogP contribution >= 0.6 is 11.6 Å². The molecule has 4 nitrogen and oxygen atoms in total. The van der Waals surface area contributed by atoms with Crippen LogP contribution < -0.4 is 5.73 Å². The Morgan fingerprint density at radius 1 is 1.58 bits per heavy atom. The second-order valence-electron chi connectivity index (χ2n) is 1.64. The smallest absolute Gasteiger partial charge is 0.422 e. The van der Waals surface area contributed by atoms with Crippen LogP contribution in [0.2, 0.25) is 0 Å². The molecule has 70 valence electrons. The molecule has 0 fully saturated rings. The second-order valence-corrected chi connectivity index (χ2v) is 2.03. The van der Waals surface area contributed by atoms with Crippen molar-refractivity contribution in [1.29, 1.82) is 5.41 Å². The summed E-state index contributed by atoms with van der Waals surface area (Å²) in [7, 11) is 0. The van der Waals surface area contributed by atoms with Crippen LogP contribution in [0.15, 0.2) is 4.99 Å². The van der Waals surface area contributed by atoms with Crippen molar-refractivity contribution in [3.63, 3.8) is 0 Å². The third-order valence-corrected chi connectivity index (χ3v) is 0.665. The Hall–Kier alpha value is -0.980. The molecule has 0 aliphatic rings. The second kappa shape index (κ2) is 4.15. The number of hydrogen-bond donors (Lipinski definition) is 2. The van der Waals surface area contributed by atoms with Gasteiger partial charge in [0.05, 0.1) is 0 Å². The van der Waals surface area contributed by atoms with Gasteiger partial charge in [0.1, 0.15) is 0 Å². The van der Waals surface area contributed by atoms with Crippen molar-refractivity contribution in [2.75, 3.05) is 6.61 Å². The molecule has 0 spiro atoms. The Bertz CT molecular complexity index is 198. The van der Waals surface area contributed by atoms with E-state index < -0.39 is 24.1 Å². The van der Waals surface area contributed by atoms with Gasteiger partial charge in [0.2, 0.25) is 0 Å². The monoisotopic (exact) mass is 203 g/mol. The van der Waals surface area contributed by atoms with E-state index in [1.165, 1.54) is 0 Å². The van der Waals surface area contributed by atoms with Crippen molar-refractivity contribution in [2.24, 2.45) is 10.7 Å². The SMILES string of the molecule is N=C(N=C(N)Cl)OCC(F)(F)F. The van der Waals surface area contributed by atoms with Crippen molar-refractivity contribution < 1.29 is 17.9 Å². The molecule has 0 aliphatic carbocycles. The molecule has 0 heterocycles. The van der Waals surface area contributed by atoms with E-state index in [4.69, 9.17) is 22.7 Å². The van der Waals surface area contributed by atoms with Crippen LogP contribution in [-0.2, 0) is 4.74 Å². The molecule has 0 amide bonds. The van der Waals surface area contributed by atoms with Gasteiger partial charge >= 0.3 is 12.2 Å². The predicted octanol–water partition coefficient (Wildman–Crippen LogP) is 1.05.